The van der Waals surface area contributed by atoms with Gasteiger partial charge >= 0.3 is 11.9 Å². The van der Waals surface area contributed by atoms with E-state index < -0.39 is 66.5 Å². The number of thiazole rings is 1. The maximum absolute atomic E-state index is 15.6. The number of carboxylic acid groups (broad SMARTS) is 1. The topological polar surface area (TPSA) is 107 Å². The van der Waals surface area contributed by atoms with E-state index in [1.807, 2.05) is 0 Å². The van der Waals surface area contributed by atoms with Gasteiger partial charge in [0, 0.05) is 48.0 Å². The summed E-state index contributed by atoms with van der Waals surface area (Å²) >= 11 is 7.62. The number of alkyl halides is 3. The summed E-state index contributed by atoms with van der Waals surface area (Å²) in [7, 11) is 1.17. The summed E-state index contributed by atoms with van der Waals surface area (Å²) in [6, 6.07) is 0.904. The minimum absolute atomic E-state index is 0.0225. The third-order valence-corrected chi connectivity index (χ3v) is 9.87. The number of nitrogens with one attached hydrogen (secondary N) is 1. The number of aliphatic imine (C=N–C) groups is 1. The van der Waals surface area contributed by atoms with E-state index in [1.54, 1.807) is 12.3 Å². The Morgan fingerprint density at radius 3 is 2.68 bits per heavy atom. The minimum Gasteiger partial charge on any atom is -0.481 e. The summed E-state index contributed by atoms with van der Waals surface area (Å²) in [6.07, 6.45) is -1.61. The molecular weight excluding hydrogens is 626 g/mol. The Kier molecular flexibility index (Phi) is 8.84. The lowest BCUT2D eigenvalue weighted by Gasteiger charge is -2.33. The van der Waals surface area contributed by atoms with Gasteiger partial charge in [-0.05, 0) is 33.3 Å². The molecule has 15 heteroatoms. The van der Waals surface area contributed by atoms with Gasteiger partial charge in [0.25, 0.3) is 5.92 Å². The van der Waals surface area contributed by atoms with E-state index >= 15 is 13.2 Å². The predicted octanol–water partition coefficient (Wildman–Crippen LogP) is 4.60. The summed E-state index contributed by atoms with van der Waals surface area (Å²) in [5.41, 5.74) is -0.668. The van der Waals surface area contributed by atoms with Crippen LogP contribution in [-0.4, -0.2) is 95.1 Å². The first-order valence-corrected chi connectivity index (χ1v) is 15.2. The van der Waals surface area contributed by atoms with Gasteiger partial charge in [-0.3, -0.25) is 19.6 Å². The standard InChI is InChI=1S/C29H32ClF4N5O4S/c1-14-12-44-25(35-14)24-36-17(20(26(40)43-4)22(37-24)15-6-5-7-16(31)21(15)30)10-39-13-29(33,34)23-18(39)8-9-38(23)11-19(32)28(2,3)27(41)42/h5-7,12,18-19,22-23H,8-11,13H2,1-4H3,(H,36,37)(H,41,42)/t18-,19+,22-,23+/m0/s1. The fraction of sp³-hybridized carbons (Fsp3) is 0.517. The molecule has 5 rings (SSSR count). The Morgan fingerprint density at radius 1 is 1.32 bits per heavy atom. The lowest BCUT2D eigenvalue weighted by molar-refractivity contribution is -0.151. The number of benzene rings is 1. The number of carboxylic acids is 1. The number of aryl methyl sites for hydroxylation is 1. The van der Waals surface area contributed by atoms with Crippen LogP contribution in [0, 0.1) is 18.2 Å². The number of fused-ring (bicyclic) bond motifs is 1. The van der Waals surface area contributed by atoms with E-state index in [0.29, 0.717) is 10.7 Å². The van der Waals surface area contributed by atoms with Crippen LogP contribution in [0.25, 0.3) is 0 Å². The van der Waals surface area contributed by atoms with Gasteiger partial charge < -0.3 is 15.2 Å². The number of halogens is 5. The number of ether oxygens (including phenoxy) is 1. The minimum atomic E-state index is -3.26. The molecule has 0 radical (unpaired) electrons. The van der Waals surface area contributed by atoms with Gasteiger partial charge in [-0.15, -0.1) is 11.3 Å². The van der Waals surface area contributed by atoms with Gasteiger partial charge in [0.1, 0.15) is 18.0 Å². The van der Waals surface area contributed by atoms with Crippen LogP contribution < -0.4 is 5.32 Å². The molecule has 0 aliphatic carbocycles. The Bertz CT molecular complexity index is 1530. The Hall–Kier alpha value is -3.07. The molecule has 1 aromatic heterocycles. The summed E-state index contributed by atoms with van der Waals surface area (Å²) in [5.74, 6) is -5.89. The molecule has 0 amide bonds. The Morgan fingerprint density at radius 2 is 2.05 bits per heavy atom. The van der Waals surface area contributed by atoms with Gasteiger partial charge in [-0.1, -0.05) is 23.7 Å². The molecule has 0 saturated carbocycles. The van der Waals surface area contributed by atoms with E-state index in [4.69, 9.17) is 16.3 Å². The van der Waals surface area contributed by atoms with Crippen LogP contribution in [0.15, 0.2) is 39.8 Å². The van der Waals surface area contributed by atoms with Crippen molar-refractivity contribution in [2.75, 3.05) is 33.3 Å². The predicted molar refractivity (Wildman–Crippen MR) is 156 cm³/mol. The Labute approximate surface area is 260 Å². The first kappa shape index (κ1) is 32.3. The SMILES string of the molecule is COC(=O)C1=C(CN2CC(F)(F)[C@H]3[C@@H]2CCN3C[C@@H](F)C(C)(C)C(=O)O)NC(c2nc(C)cs2)=N[C@H]1c1cccc(F)c1Cl. The number of likely N-dealkylation sites (tertiary alicyclic amines) is 2. The molecule has 1 aromatic carbocycles. The van der Waals surface area contributed by atoms with Crippen LogP contribution in [0.3, 0.4) is 0 Å². The number of esters is 1. The normalized spacial score (nSPS) is 24.6. The fourth-order valence-electron chi connectivity index (χ4n) is 6.00. The second kappa shape index (κ2) is 12.0. The fourth-order valence-corrected chi connectivity index (χ4v) is 6.98. The molecule has 2 aromatic rings. The first-order chi connectivity index (χ1) is 20.6. The van der Waals surface area contributed by atoms with Crippen molar-refractivity contribution in [1.82, 2.24) is 20.1 Å². The molecule has 4 heterocycles. The zero-order valence-electron chi connectivity index (χ0n) is 24.4. The smallest absolute Gasteiger partial charge is 0.338 e. The summed E-state index contributed by atoms with van der Waals surface area (Å²) < 4.78 is 66.0. The number of aliphatic carboxylic acids is 1. The van der Waals surface area contributed by atoms with E-state index in [2.05, 4.69) is 15.3 Å². The summed E-state index contributed by atoms with van der Waals surface area (Å²) in [5, 5.41) is 14.5. The van der Waals surface area contributed by atoms with Crippen molar-refractivity contribution in [3.05, 3.63) is 62.0 Å². The number of amidine groups is 1. The van der Waals surface area contributed by atoms with Crippen molar-refractivity contribution in [3.8, 4) is 0 Å². The van der Waals surface area contributed by atoms with Crippen LogP contribution >= 0.6 is 22.9 Å². The second-order valence-electron chi connectivity index (χ2n) is 11.8. The number of hydrogen-bond acceptors (Lipinski definition) is 9. The molecule has 44 heavy (non-hydrogen) atoms. The number of aromatic nitrogens is 1. The zero-order chi connectivity index (χ0) is 32.1. The molecule has 3 aliphatic heterocycles. The number of hydrogen-bond donors (Lipinski definition) is 2. The summed E-state index contributed by atoms with van der Waals surface area (Å²) in [4.78, 5) is 36.8. The van der Waals surface area contributed by atoms with E-state index in [1.165, 1.54) is 60.3 Å². The number of nitrogens with zero attached hydrogens (tertiary/aromatic N) is 4. The number of rotatable bonds is 9. The highest BCUT2D eigenvalue weighted by Gasteiger charge is 2.60. The second-order valence-corrected chi connectivity index (χ2v) is 13.0. The molecule has 2 fully saturated rings. The molecule has 0 unspecified atom stereocenters. The summed E-state index contributed by atoms with van der Waals surface area (Å²) in [6.45, 7) is 3.07. The maximum Gasteiger partial charge on any atom is 0.338 e. The quantitative estimate of drug-likeness (QED) is 0.298. The molecule has 0 spiro atoms. The number of carbonyl (C=O) groups is 2. The molecule has 2 saturated heterocycles. The maximum atomic E-state index is 15.6. The van der Waals surface area contributed by atoms with Crippen LogP contribution in [0.1, 0.15) is 42.6 Å². The van der Waals surface area contributed by atoms with Crippen LogP contribution in [0.5, 0.6) is 0 Å². The lowest BCUT2D eigenvalue weighted by atomic mass is 9.87. The molecule has 3 aliphatic rings. The van der Waals surface area contributed by atoms with Gasteiger partial charge in [0.2, 0.25) is 0 Å². The lowest BCUT2D eigenvalue weighted by Crippen LogP contribution is -2.50. The van der Waals surface area contributed by atoms with Crippen LogP contribution in [0.4, 0.5) is 17.6 Å². The monoisotopic (exact) mass is 657 g/mol. The number of carbonyl (C=O) groups excluding carboxylic acids is 1. The van der Waals surface area contributed by atoms with Crippen molar-refractivity contribution in [2.45, 2.75) is 57.4 Å². The third-order valence-electron chi connectivity index (χ3n) is 8.50. The highest BCUT2D eigenvalue weighted by Crippen LogP contribution is 2.44. The zero-order valence-corrected chi connectivity index (χ0v) is 26.0. The van der Waals surface area contributed by atoms with Gasteiger partial charge in [-0.2, -0.15) is 0 Å². The molecular formula is C29H32ClF4N5O4S. The van der Waals surface area contributed by atoms with Gasteiger partial charge in [0.15, 0.2) is 10.8 Å². The largest absolute Gasteiger partial charge is 0.481 e. The molecule has 238 valence electrons. The van der Waals surface area contributed by atoms with Crippen molar-refractivity contribution in [3.63, 3.8) is 0 Å². The van der Waals surface area contributed by atoms with E-state index in [0.717, 1.165) is 0 Å². The third kappa shape index (κ3) is 5.84. The van der Waals surface area contributed by atoms with E-state index in [9.17, 15) is 19.1 Å². The van der Waals surface area contributed by atoms with Crippen molar-refractivity contribution < 1.29 is 37.0 Å². The molecule has 9 nitrogen and oxygen atoms in total. The Balaban J connectivity index is 1.51. The van der Waals surface area contributed by atoms with Gasteiger partial charge in [0.05, 0.1) is 35.7 Å². The van der Waals surface area contributed by atoms with Crippen LogP contribution in [-0.2, 0) is 14.3 Å². The van der Waals surface area contributed by atoms with Crippen LogP contribution in [0.2, 0.25) is 5.02 Å². The average Bonchev–Trinajstić information content (AvgIpc) is 3.65. The highest BCUT2D eigenvalue weighted by molar-refractivity contribution is 7.11. The highest BCUT2D eigenvalue weighted by atomic mass is 35.5. The number of methoxy groups -OCH3 is 1. The molecule has 2 N–H and O–H groups in total. The molecule has 0 bridgehead atoms. The van der Waals surface area contributed by atoms with Gasteiger partial charge in [-0.25, -0.2) is 27.3 Å². The van der Waals surface area contributed by atoms with Crippen molar-refractivity contribution in [1.29, 1.82) is 0 Å². The molecule has 4 atom stereocenters. The van der Waals surface area contributed by atoms with E-state index in [-0.39, 0.29) is 47.2 Å². The van der Waals surface area contributed by atoms with Crippen molar-refractivity contribution in [2.24, 2.45) is 10.4 Å². The first-order valence-electron chi connectivity index (χ1n) is 13.9. The average molecular weight is 658 g/mol. The van der Waals surface area contributed by atoms with Crippen molar-refractivity contribution >= 4 is 40.7 Å².